The van der Waals surface area contributed by atoms with Crippen LogP contribution in [0.5, 0.6) is 0 Å². The number of carbonyl (C=O) groups excluding carboxylic acids is 1. The van der Waals surface area contributed by atoms with Gasteiger partial charge in [0.15, 0.2) is 11.5 Å². The highest BCUT2D eigenvalue weighted by molar-refractivity contribution is 5.92. The van der Waals surface area contributed by atoms with E-state index in [1.54, 1.807) is 24.3 Å². The van der Waals surface area contributed by atoms with E-state index in [9.17, 15) is 9.18 Å². The number of benzene rings is 1. The zero-order valence-electron chi connectivity index (χ0n) is 13.0. The van der Waals surface area contributed by atoms with Gasteiger partial charge in [-0.05, 0) is 55.2 Å². The van der Waals surface area contributed by atoms with Gasteiger partial charge in [0.05, 0.1) is 0 Å². The van der Waals surface area contributed by atoms with Gasteiger partial charge in [0.2, 0.25) is 0 Å². The smallest absolute Gasteiger partial charge is 0.274 e. The second-order valence-electron chi connectivity index (χ2n) is 5.93. The Bertz CT molecular complexity index is 672. The van der Waals surface area contributed by atoms with Gasteiger partial charge in [0.1, 0.15) is 5.82 Å². The summed E-state index contributed by atoms with van der Waals surface area (Å²) in [6, 6.07) is 9.34. The zero-order valence-corrected chi connectivity index (χ0v) is 13.0. The maximum Gasteiger partial charge on any atom is 0.274 e. The van der Waals surface area contributed by atoms with Crippen molar-refractivity contribution in [3.05, 3.63) is 47.9 Å². The van der Waals surface area contributed by atoms with Crippen LogP contribution in [0.2, 0.25) is 0 Å². The lowest BCUT2D eigenvalue weighted by Gasteiger charge is -2.30. The number of halogens is 1. The van der Waals surface area contributed by atoms with Crippen molar-refractivity contribution in [2.75, 3.05) is 18.4 Å². The van der Waals surface area contributed by atoms with Crippen molar-refractivity contribution in [2.24, 2.45) is 5.92 Å². The van der Waals surface area contributed by atoms with E-state index in [-0.39, 0.29) is 11.7 Å². The number of anilines is 2. The number of hydrogen-bond acceptors (Lipinski definition) is 4. The number of hydrogen-bond donors (Lipinski definition) is 1. The number of nitrogens with zero attached hydrogens (tertiary/aromatic N) is 3. The Labute approximate surface area is 134 Å². The summed E-state index contributed by atoms with van der Waals surface area (Å²) in [5.41, 5.74) is 1.06. The summed E-state index contributed by atoms with van der Waals surface area (Å²) < 4.78 is 12.9. The van der Waals surface area contributed by atoms with Crippen LogP contribution in [0.3, 0.4) is 0 Å². The number of nitrogens with one attached hydrogen (secondary N) is 1. The molecule has 1 aromatic heterocycles. The quantitative estimate of drug-likeness (QED) is 0.945. The molecule has 0 aliphatic carbocycles. The first kappa shape index (κ1) is 15.4. The van der Waals surface area contributed by atoms with Crippen molar-refractivity contribution in [3.63, 3.8) is 0 Å². The number of likely N-dealkylation sites (tertiary alicyclic amines) is 1. The van der Waals surface area contributed by atoms with E-state index in [2.05, 4.69) is 22.4 Å². The van der Waals surface area contributed by atoms with Gasteiger partial charge in [-0.3, -0.25) is 4.79 Å². The molecule has 3 rings (SSSR count). The predicted octanol–water partition coefficient (Wildman–Crippen LogP) is 3.23. The fraction of sp³-hybridized carbons (Fsp3) is 0.353. The molecule has 5 nitrogen and oxygen atoms in total. The van der Waals surface area contributed by atoms with Crippen LogP contribution in [0.15, 0.2) is 36.4 Å². The molecule has 6 heteroatoms. The van der Waals surface area contributed by atoms with Crippen LogP contribution < -0.4 is 5.32 Å². The van der Waals surface area contributed by atoms with E-state index in [1.807, 2.05) is 4.90 Å². The molecule has 2 aromatic rings. The summed E-state index contributed by atoms with van der Waals surface area (Å²) in [5, 5.41) is 11.1. The Hall–Kier alpha value is -2.50. The van der Waals surface area contributed by atoms with E-state index in [0.29, 0.717) is 23.1 Å². The van der Waals surface area contributed by atoms with Gasteiger partial charge in [-0.1, -0.05) is 6.92 Å². The molecule has 1 saturated heterocycles. The van der Waals surface area contributed by atoms with Crippen molar-refractivity contribution < 1.29 is 9.18 Å². The van der Waals surface area contributed by atoms with Crippen LogP contribution in [0.4, 0.5) is 15.9 Å². The molecule has 1 fully saturated rings. The Kier molecular flexibility index (Phi) is 4.50. The SMILES string of the molecule is CC1CCCN(C(=O)c2ccc(Nc3ccc(F)cc3)nn2)C1. The normalized spacial score (nSPS) is 17.8. The van der Waals surface area contributed by atoms with Crippen LogP contribution in [-0.4, -0.2) is 34.1 Å². The molecule has 1 amide bonds. The molecule has 0 spiro atoms. The first-order valence-corrected chi connectivity index (χ1v) is 7.77. The van der Waals surface area contributed by atoms with Crippen LogP contribution in [0.25, 0.3) is 0 Å². The maximum atomic E-state index is 12.9. The molecule has 1 aliphatic rings. The fourth-order valence-corrected chi connectivity index (χ4v) is 2.73. The van der Waals surface area contributed by atoms with Gasteiger partial charge in [-0.15, -0.1) is 10.2 Å². The number of carbonyl (C=O) groups is 1. The fourth-order valence-electron chi connectivity index (χ4n) is 2.73. The molecule has 1 N–H and O–H groups in total. The number of rotatable bonds is 3. The standard InChI is InChI=1S/C17H19FN4O/c1-12-3-2-10-22(11-12)17(23)15-8-9-16(21-20-15)19-14-6-4-13(18)5-7-14/h4-9,12H,2-3,10-11H2,1H3,(H,19,21). The molecular weight excluding hydrogens is 295 g/mol. The topological polar surface area (TPSA) is 58.1 Å². The number of aromatic nitrogens is 2. The number of amides is 1. The first-order chi connectivity index (χ1) is 11.1. The third-order valence-electron chi connectivity index (χ3n) is 3.94. The Balaban J connectivity index is 1.66. The lowest BCUT2D eigenvalue weighted by molar-refractivity contribution is 0.0676. The van der Waals surface area contributed by atoms with Crippen LogP contribution in [0, 0.1) is 11.7 Å². The molecule has 1 unspecified atom stereocenters. The molecular formula is C17H19FN4O. The van der Waals surface area contributed by atoms with Crippen molar-refractivity contribution in [3.8, 4) is 0 Å². The largest absolute Gasteiger partial charge is 0.339 e. The summed E-state index contributed by atoms with van der Waals surface area (Å²) in [7, 11) is 0. The van der Waals surface area contributed by atoms with Gasteiger partial charge in [0, 0.05) is 18.8 Å². The van der Waals surface area contributed by atoms with Crippen molar-refractivity contribution >= 4 is 17.4 Å². The summed E-state index contributed by atoms with van der Waals surface area (Å²) in [6.07, 6.45) is 2.19. The number of piperidine rings is 1. The predicted molar refractivity (Wildman–Crippen MR) is 86.0 cm³/mol. The van der Waals surface area contributed by atoms with E-state index in [1.165, 1.54) is 12.1 Å². The van der Waals surface area contributed by atoms with Gasteiger partial charge in [-0.2, -0.15) is 0 Å². The Morgan fingerprint density at radius 1 is 1.22 bits per heavy atom. The Morgan fingerprint density at radius 3 is 2.65 bits per heavy atom. The average Bonchev–Trinajstić information content (AvgIpc) is 2.57. The van der Waals surface area contributed by atoms with Crippen molar-refractivity contribution in [2.45, 2.75) is 19.8 Å². The third-order valence-corrected chi connectivity index (χ3v) is 3.94. The minimum atomic E-state index is -0.293. The summed E-state index contributed by atoms with van der Waals surface area (Å²) in [6.45, 7) is 3.71. The molecule has 120 valence electrons. The molecule has 1 aromatic carbocycles. The summed E-state index contributed by atoms with van der Waals surface area (Å²) >= 11 is 0. The molecule has 0 radical (unpaired) electrons. The first-order valence-electron chi connectivity index (χ1n) is 7.77. The highest BCUT2D eigenvalue weighted by atomic mass is 19.1. The van der Waals surface area contributed by atoms with Gasteiger partial charge < -0.3 is 10.2 Å². The van der Waals surface area contributed by atoms with E-state index in [4.69, 9.17) is 0 Å². The average molecular weight is 314 g/mol. The monoisotopic (exact) mass is 314 g/mol. The Morgan fingerprint density at radius 2 is 2.00 bits per heavy atom. The molecule has 1 atom stereocenters. The zero-order chi connectivity index (χ0) is 16.2. The second-order valence-corrected chi connectivity index (χ2v) is 5.93. The van der Waals surface area contributed by atoms with Gasteiger partial charge >= 0.3 is 0 Å². The lowest BCUT2D eigenvalue weighted by atomic mass is 10.00. The molecule has 1 aliphatic heterocycles. The minimum Gasteiger partial charge on any atom is -0.339 e. The molecule has 0 bridgehead atoms. The van der Waals surface area contributed by atoms with E-state index < -0.39 is 0 Å². The third kappa shape index (κ3) is 3.83. The van der Waals surface area contributed by atoms with Crippen molar-refractivity contribution in [1.29, 1.82) is 0 Å². The minimum absolute atomic E-state index is 0.0719. The van der Waals surface area contributed by atoms with Crippen molar-refractivity contribution in [1.82, 2.24) is 15.1 Å². The summed E-state index contributed by atoms with van der Waals surface area (Å²) in [4.78, 5) is 14.3. The molecule has 2 heterocycles. The van der Waals surface area contributed by atoms with Gasteiger partial charge in [-0.25, -0.2) is 4.39 Å². The highest BCUT2D eigenvalue weighted by Crippen LogP contribution is 2.18. The molecule has 23 heavy (non-hydrogen) atoms. The van der Waals surface area contributed by atoms with Crippen LogP contribution in [0.1, 0.15) is 30.3 Å². The molecule has 0 saturated carbocycles. The highest BCUT2D eigenvalue weighted by Gasteiger charge is 2.23. The lowest BCUT2D eigenvalue weighted by Crippen LogP contribution is -2.39. The van der Waals surface area contributed by atoms with E-state index in [0.717, 1.165) is 25.9 Å². The summed E-state index contributed by atoms with van der Waals surface area (Å²) in [5.74, 6) is 0.677. The van der Waals surface area contributed by atoms with Gasteiger partial charge in [0.25, 0.3) is 5.91 Å². The second kappa shape index (κ2) is 6.73. The van der Waals surface area contributed by atoms with Crippen LogP contribution in [-0.2, 0) is 0 Å². The maximum absolute atomic E-state index is 12.9. The van der Waals surface area contributed by atoms with E-state index >= 15 is 0 Å². The van der Waals surface area contributed by atoms with Crippen LogP contribution >= 0.6 is 0 Å².